The lowest BCUT2D eigenvalue weighted by molar-refractivity contribution is 0.0952. The van der Waals surface area contributed by atoms with E-state index in [2.05, 4.69) is 20.8 Å². The van der Waals surface area contributed by atoms with Crippen molar-refractivity contribution in [2.45, 2.75) is 12.8 Å². The van der Waals surface area contributed by atoms with Gasteiger partial charge in [-0.1, -0.05) is 0 Å². The van der Waals surface area contributed by atoms with Gasteiger partial charge < -0.3 is 10.4 Å². The average Bonchev–Trinajstić information content (AvgIpc) is 2.98. The number of carbonyl (C=O) groups excluding carboxylic acids is 1. The van der Waals surface area contributed by atoms with Crippen LogP contribution in [-0.4, -0.2) is 44.4 Å². The predicted octanol–water partition coefficient (Wildman–Crippen LogP) is 0.165. The molecule has 0 spiro atoms. The molecule has 100 valence electrons. The summed E-state index contributed by atoms with van der Waals surface area (Å²) in [5, 5.41) is 22.3. The number of hydrogen-bond acceptors (Lipinski definition) is 5. The van der Waals surface area contributed by atoms with Gasteiger partial charge in [-0.05, 0) is 47.5 Å². The van der Waals surface area contributed by atoms with Crippen LogP contribution in [0.5, 0.6) is 0 Å². The highest BCUT2D eigenvalue weighted by atomic mass is 16.2. The van der Waals surface area contributed by atoms with Crippen molar-refractivity contribution in [3.63, 3.8) is 0 Å². The second kappa shape index (κ2) is 6.60. The quantitative estimate of drug-likeness (QED) is 0.723. The van der Waals surface area contributed by atoms with Gasteiger partial charge in [-0.25, -0.2) is 4.68 Å². The number of unbranched alkanes of at least 4 members (excludes halogenated alkanes) is 1. The SMILES string of the molecule is O=C(NCCCCO)c1ccc(-n2cnnn2)cc1. The van der Waals surface area contributed by atoms with E-state index in [4.69, 9.17) is 5.11 Å². The third-order valence-electron chi connectivity index (χ3n) is 2.61. The molecule has 0 radical (unpaired) electrons. The third-order valence-corrected chi connectivity index (χ3v) is 2.61. The summed E-state index contributed by atoms with van der Waals surface area (Å²) in [5.74, 6) is -0.124. The van der Waals surface area contributed by atoms with Gasteiger partial charge in [0.2, 0.25) is 0 Å². The maximum atomic E-state index is 11.8. The Morgan fingerprint density at radius 2 is 2.05 bits per heavy atom. The Labute approximate surface area is 110 Å². The molecule has 0 atom stereocenters. The first-order valence-corrected chi connectivity index (χ1v) is 6.04. The number of tetrazole rings is 1. The van der Waals surface area contributed by atoms with Crippen molar-refractivity contribution in [2.75, 3.05) is 13.2 Å². The smallest absolute Gasteiger partial charge is 0.251 e. The molecule has 7 nitrogen and oxygen atoms in total. The van der Waals surface area contributed by atoms with Crippen LogP contribution < -0.4 is 5.32 Å². The maximum Gasteiger partial charge on any atom is 0.251 e. The number of hydrogen-bond donors (Lipinski definition) is 2. The van der Waals surface area contributed by atoms with E-state index < -0.39 is 0 Å². The van der Waals surface area contributed by atoms with Gasteiger partial charge in [-0.2, -0.15) is 0 Å². The van der Waals surface area contributed by atoms with E-state index in [0.29, 0.717) is 18.5 Å². The molecule has 0 bridgehead atoms. The molecule has 2 aromatic rings. The normalized spacial score (nSPS) is 10.4. The Kier molecular flexibility index (Phi) is 4.57. The number of aliphatic hydroxyl groups excluding tert-OH is 1. The van der Waals surface area contributed by atoms with Crippen LogP contribution in [-0.2, 0) is 0 Å². The number of aliphatic hydroxyl groups is 1. The highest BCUT2D eigenvalue weighted by Crippen LogP contribution is 2.07. The van der Waals surface area contributed by atoms with Crippen LogP contribution in [0.1, 0.15) is 23.2 Å². The van der Waals surface area contributed by atoms with Crippen LogP contribution in [0.4, 0.5) is 0 Å². The van der Waals surface area contributed by atoms with Gasteiger partial charge in [0.1, 0.15) is 6.33 Å². The van der Waals surface area contributed by atoms with Gasteiger partial charge >= 0.3 is 0 Å². The standard InChI is InChI=1S/C12H15N5O2/c18-8-2-1-7-13-12(19)10-3-5-11(6-4-10)17-9-14-15-16-17/h3-6,9,18H,1-2,7-8H2,(H,13,19). The summed E-state index contributed by atoms with van der Waals surface area (Å²) in [6.45, 7) is 0.713. The predicted molar refractivity (Wildman–Crippen MR) is 67.8 cm³/mol. The zero-order valence-electron chi connectivity index (χ0n) is 10.4. The summed E-state index contributed by atoms with van der Waals surface area (Å²) in [6, 6.07) is 6.99. The highest BCUT2D eigenvalue weighted by Gasteiger charge is 2.05. The minimum atomic E-state index is -0.124. The molecule has 0 fully saturated rings. The Bertz CT molecular complexity index is 509. The first kappa shape index (κ1) is 13.2. The first-order valence-electron chi connectivity index (χ1n) is 6.04. The summed E-state index contributed by atoms with van der Waals surface area (Å²) in [5.41, 5.74) is 1.38. The van der Waals surface area contributed by atoms with E-state index in [1.54, 1.807) is 24.3 Å². The average molecular weight is 261 g/mol. The second-order valence-corrected chi connectivity index (χ2v) is 3.99. The third kappa shape index (κ3) is 3.59. The molecule has 0 aliphatic carbocycles. The summed E-state index contributed by atoms with van der Waals surface area (Å²) in [7, 11) is 0. The lowest BCUT2D eigenvalue weighted by atomic mass is 10.2. The maximum absolute atomic E-state index is 11.8. The molecule has 0 aliphatic heterocycles. The van der Waals surface area contributed by atoms with Crippen molar-refractivity contribution in [1.82, 2.24) is 25.5 Å². The van der Waals surface area contributed by atoms with Gasteiger partial charge in [0.15, 0.2) is 0 Å². The lowest BCUT2D eigenvalue weighted by Crippen LogP contribution is -2.24. The molecule has 1 amide bonds. The van der Waals surface area contributed by atoms with Crippen molar-refractivity contribution >= 4 is 5.91 Å². The molecule has 2 rings (SSSR count). The molecule has 0 aliphatic rings. The first-order chi connectivity index (χ1) is 9.31. The Hall–Kier alpha value is -2.28. The van der Waals surface area contributed by atoms with Crippen LogP contribution in [0.3, 0.4) is 0 Å². The summed E-state index contributed by atoms with van der Waals surface area (Å²) in [4.78, 5) is 11.8. The van der Waals surface area contributed by atoms with E-state index >= 15 is 0 Å². The summed E-state index contributed by atoms with van der Waals surface area (Å²) < 4.78 is 1.52. The van der Waals surface area contributed by atoms with Crippen molar-refractivity contribution < 1.29 is 9.90 Å². The van der Waals surface area contributed by atoms with Crippen molar-refractivity contribution in [3.8, 4) is 5.69 Å². The molecule has 1 aromatic carbocycles. The van der Waals surface area contributed by atoms with E-state index in [0.717, 1.165) is 12.1 Å². The zero-order valence-corrected chi connectivity index (χ0v) is 10.4. The van der Waals surface area contributed by atoms with E-state index in [1.807, 2.05) is 0 Å². The van der Waals surface area contributed by atoms with Crippen molar-refractivity contribution in [1.29, 1.82) is 0 Å². The fourth-order valence-electron chi connectivity index (χ4n) is 1.59. The number of benzene rings is 1. The largest absolute Gasteiger partial charge is 0.396 e. The lowest BCUT2D eigenvalue weighted by Gasteiger charge is -2.05. The Morgan fingerprint density at radius 1 is 1.26 bits per heavy atom. The van der Waals surface area contributed by atoms with Crippen LogP contribution in [0.2, 0.25) is 0 Å². The molecule has 2 N–H and O–H groups in total. The monoisotopic (exact) mass is 261 g/mol. The van der Waals surface area contributed by atoms with E-state index in [1.165, 1.54) is 11.0 Å². The molecule has 1 aromatic heterocycles. The number of aromatic nitrogens is 4. The molecule has 0 saturated heterocycles. The molecular weight excluding hydrogens is 246 g/mol. The Balaban J connectivity index is 1.93. The number of amides is 1. The van der Waals surface area contributed by atoms with Crippen LogP contribution in [0.15, 0.2) is 30.6 Å². The molecule has 0 unspecified atom stereocenters. The van der Waals surface area contributed by atoms with Gasteiger partial charge in [-0.15, -0.1) is 5.10 Å². The summed E-state index contributed by atoms with van der Waals surface area (Å²) in [6.07, 6.45) is 2.95. The van der Waals surface area contributed by atoms with Gasteiger partial charge in [-0.3, -0.25) is 4.79 Å². The molecule has 19 heavy (non-hydrogen) atoms. The number of nitrogens with zero attached hydrogens (tertiary/aromatic N) is 4. The molecule has 0 saturated carbocycles. The number of nitrogens with one attached hydrogen (secondary N) is 1. The van der Waals surface area contributed by atoms with Gasteiger partial charge in [0.25, 0.3) is 5.91 Å². The van der Waals surface area contributed by atoms with E-state index in [-0.39, 0.29) is 12.5 Å². The Morgan fingerprint density at radius 3 is 2.68 bits per heavy atom. The molecule has 7 heteroatoms. The zero-order chi connectivity index (χ0) is 13.5. The minimum Gasteiger partial charge on any atom is -0.396 e. The van der Waals surface area contributed by atoms with Crippen LogP contribution in [0.25, 0.3) is 5.69 Å². The van der Waals surface area contributed by atoms with Gasteiger partial charge in [0.05, 0.1) is 5.69 Å². The van der Waals surface area contributed by atoms with E-state index in [9.17, 15) is 4.79 Å². The van der Waals surface area contributed by atoms with Crippen molar-refractivity contribution in [2.24, 2.45) is 0 Å². The van der Waals surface area contributed by atoms with Gasteiger partial charge in [0, 0.05) is 18.7 Å². The minimum absolute atomic E-state index is 0.124. The van der Waals surface area contributed by atoms with Crippen LogP contribution >= 0.6 is 0 Å². The fraction of sp³-hybridized carbons (Fsp3) is 0.333. The summed E-state index contributed by atoms with van der Waals surface area (Å²) >= 11 is 0. The molecular formula is C12H15N5O2. The highest BCUT2D eigenvalue weighted by molar-refractivity contribution is 5.94. The van der Waals surface area contributed by atoms with Crippen molar-refractivity contribution in [3.05, 3.63) is 36.2 Å². The number of rotatable bonds is 6. The topological polar surface area (TPSA) is 92.9 Å². The second-order valence-electron chi connectivity index (χ2n) is 3.99. The molecule has 1 heterocycles. The van der Waals surface area contributed by atoms with Crippen LogP contribution in [0, 0.1) is 0 Å². The number of carbonyl (C=O) groups is 1. The fourth-order valence-corrected chi connectivity index (χ4v) is 1.59.